The number of rotatable bonds is 3. The van der Waals surface area contributed by atoms with Gasteiger partial charge in [0.15, 0.2) is 0 Å². The lowest BCUT2D eigenvalue weighted by molar-refractivity contribution is 0.410. The molecule has 2 rings (SSSR count). The molecule has 1 unspecified atom stereocenters. The second-order valence-electron chi connectivity index (χ2n) is 3.95. The highest BCUT2D eigenvalue weighted by Crippen LogP contribution is 2.38. The van der Waals surface area contributed by atoms with Crippen LogP contribution in [0.2, 0.25) is 5.02 Å². The Balaban J connectivity index is 2.48. The maximum atomic E-state index is 13.2. The van der Waals surface area contributed by atoms with Crippen LogP contribution in [0.1, 0.15) is 16.0 Å². The molecule has 0 spiro atoms. The molecule has 2 aromatic rings. The van der Waals surface area contributed by atoms with E-state index in [0.29, 0.717) is 21.9 Å². The molecule has 0 heterocycles. The molecule has 100 valence electrons. The van der Waals surface area contributed by atoms with Gasteiger partial charge in [-0.05, 0) is 35.9 Å². The molecule has 0 aliphatic heterocycles. The molecule has 0 aliphatic rings. The van der Waals surface area contributed by atoms with Crippen LogP contribution in [0.3, 0.4) is 0 Å². The van der Waals surface area contributed by atoms with E-state index in [1.807, 2.05) is 0 Å². The number of alkyl halides is 1. The minimum Gasteiger partial charge on any atom is -0.496 e. The Hall–Kier alpha value is -1.13. The molecule has 1 atom stereocenters. The van der Waals surface area contributed by atoms with E-state index in [-0.39, 0.29) is 0 Å². The lowest BCUT2D eigenvalue weighted by Gasteiger charge is -2.15. The Morgan fingerprint density at radius 2 is 1.74 bits per heavy atom. The molecule has 0 aliphatic carbocycles. The maximum absolute atomic E-state index is 13.2. The third-order valence-electron chi connectivity index (χ3n) is 2.64. The van der Waals surface area contributed by atoms with Crippen molar-refractivity contribution in [1.82, 2.24) is 0 Å². The third-order valence-corrected chi connectivity index (χ3v) is 3.90. The molecule has 0 radical (unpaired) electrons. The van der Waals surface area contributed by atoms with Gasteiger partial charge in [-0.1, -0.05) is 27.5 Å². The van der Waals surface area contributed by atoms with Gasteiger partial charge in [0.1, 0.15) is 17.4 Å². The summed E-state index contributed by atoms with van der Waals surface area (Å²) in [6, 6.07) is 8.46. The second-order valence-corrected chi connectivity index (χ2v) is 5.30. The van der Waals surface area contributed by atoms with Gasteiger partial charge in [0.2, 0.25) is 0 Å². The SMILES string of the molecule is COc1ccc(Cl)cc1C(Br)c1cc(F)cc(F)c1. The first-order valence-electron chi connectivity index (χ1n) is 5.44. The van der Waals surface area contributed by atoms with Crippen LogP contribution in [0.15, 0.2) is 36.4 Å². The van der Waals surface area contributed by atoms with Crippen molar-refractivity contribution in [3.63, 3.8) is 0 Å². The van der Waals surface area contributed by atoms with Crippen molar-refractivity contribution in [2.24, 2.45) is 0 Å². The number of hydrogen-bond acceptors (Lipinski definition) is 1. The minimum absolute atomic E-state index is 0.411. The third kappa shape index (κ3) is 3.25. The summed E-state index contributed by atoms with van der Waals surface area (Å²) in [7, 11) is 1.53. The van der Waals surface area contributed by atoms with Crippen molar-refractivity contribution in [1.29, 1.82) is 0 Å². The van der Waals surface area contributed by atoms with E-state index in [9.17, 15) is 8.78 Å². The normalized spacial score (nSPS) is 12.3. The summed E-state index contributed by atoms with van der Waals surface area (Å²) in [5, 5.41) is 0.525. The predicted molar refractivity (Wildman–Crippen MR) is 75.1 cm³/mol. The first kappa shape index (κ1) is 14.3. The zero-order chi connectivity index (χ0) is 14.0. The van der Waals surface area contributed by atoms with Gasteiger partial charge in [-0.25, -0.2) is 8.78 Å². The zero-order valence-corrected chi connectivity index (χ0v) is 12.3. The van der Waals surface area contributed by atoms with Crippen molar-refractivity contribution >= 4 is 27.5 Å². The molecule has 0 N–H and O–H groups in total. The van der Waals surface area contributed by atoms with Gasteiger partial charge in [-0.3, -0.25) is 0 Å². The van der Waals surface area contributed by atoms with Gasteiger partial charge >= 0.3 is 0 Å². The van der Waals surface area contributed by atoms with Crippen LogP contribution in [0.5, 0.6) is 5.75 Å². The molecule has 2 aromatic carbocycles. The summed E-state index contributed by atoms with van der Waals surface area (Å²) in [6.07, 6.45) is 0. The first-order valence-corrected chi connectivity index (χ1v) is 6.74. The van der Waals surface area contributed by atoms with E-state index in [0.717, 1.165) is 6.07 Å². The summed E-state index contributed by atoms with van der Waals surface area (Å²) in [6.45, 7) is 0. The van der Waals surface area contributed by atoms with Crippen molar-refractivity contribution in [3.05, 3.63) is 64.2 Å². The summed E-state index contributed by atoms with van der Waals surface area (Å²) in [5.74, 6) is -0.656. The Morgan fingerprint density at radius 3 is 2.32 bits per heavy atom. The highest BCUT2D eigenvalue weighted by atomic mass is 79.9. The maximum Gasteiger partial charge on any atom is 0.126 e. The Labute approximate surface area is 123 Å². The topological polar surface area (TPSA) is 9.23 Å². The van der Waals surface area contributed by atoms with Gasteiger partial charge in [0.05, 0.1) is 11.9 Å². The van der Waals surface area contributed by atoms with Gasteiger partial charge < -0.3 is 4.74 Å². The van der Waals surface area contributed by atoms with Crippen LogP contribution in [-0.2, 0) is 0 Å². The van der Waals surface area contributed by atoms with Crippen LogP contribution in [0.4, 0.5) is 8.78 Å². The van der Waals surface area contributed by atoms with Crippen LogP contribution in [0.25, 0.3) is 0 Å². The van der Waals surface area contributed by atoms with Crippen molar-refractivity contribution in [2.75, 3.05) is 7.11 Å². The smallest absolute Gasteiger partial charge is 0.126 e. The molecule has 0 saturated carbocycles. The summed E-state index contributed by atoms with van der Waals surface area (Å²) in [4.78, 5) is -0.411. The van der Waals surface area contributed by atoms with Crippen LogP contribution in [-0.4, -0.2) is 7.11 Å². The Morgan fingerprint density at radius 1 is 1.11 bits per heavy atom. The van der Waals surface area contributed by atoms with Crippen molar-refractivity contribution < 1.29 is 13.5 Å². The fourth-order valence-corrected chi connectivity index (χ4v) is 2.61. The molecule has 19 heavy (non-hydrogen) atoms. The van der Waals surface area contributed by atoms with E-state index < -0.39 is 16.5 Å². The quantitative estimate of drug-likeness (QED) is 0.701. The van der Waals surface area contributed by atoms with Gasteiger partial charge in [0.25, 0.3) is 0 Å². The van der Waals surface area contributed by atoms with Gasteiger partial charge in [-0.15, -0.1) is 0 Å². The molecular formula is C14H10BrClF2O. The number of ether oxygens (including phenoxy) is 1. The molecule has 0 saturated heterocycles. The number of benzene rings is 2. The minimum atomic E-state index is -0.625. The van der Waals surface area contributed by atoms with E-state index in [2.05, 4.69) is 15.9 Å². The summed E-state index contributed by atoms with van der Waals surface area (Å²) in [5.41, 5.74) is 1.16. The lowest BCUT2D eigenvalue weighted by atomic mass is 10.0. The molecule has 0 aromatic heterocycles. The van der Waals surface area contributed by atoms with E-state index in [1.54, 1.807) is 18.2 Å². The monoisotopic (exact) mass is 346 g/mol. The number of halogens is 4. The number of methoxy groups -OCH3 is 1. The van der Waals surface area contributed by atoms with Crippen molar-refractivity contribution in [2.45, 2.75) is 4.83 Å². The van der Waals surface area contributed by atoms with Gasteiger partial charge in [-0.2, -0.15) is 0 Å². The van der Waals surface area contributed by atoms with E-state index in [1.165, 1.54) is 19.2 Å². The standard InChI is InChI=1S/C14H10BrClF2O/c1-19-13-3-2-9(16)6-12(13)14(15)8-4-10(17)7-11(18)5-8/h2-7,14H,1H3. The number of hydrogen-bond donors (Lipinski definition) is 0. The Kier molecular flexibility index (Phi) is 4.42. The Bertz CT molecular complexity index is 584. The van der Waals surface area contributed by atoms with E-state index in [4.69, 9.17) is 16.3 Å². The molecule has 0 bridgehead atoms. The predicted octanol–water partition coefficient (Wildman–Crippen LogP) is 5.11. The van der Waals surface area contributed by atoms with Crippen molar-refractivity contribution in [3.8, 4) is 5.75 Å². The zero-order valence-electron chi connectivity index (χ0n) is 9.96. The van der Waals surface area contributed by atoms with E-state index >= 15 is 0 Å². The lowest BCUT2D eigenvalue weighted by Crippen LogP contribution is -1.98. The van der Waals surface area contributed by atoms with Crippen LogP contribution in [0, 0.1) is 11.6 Å². The highest BCUT2D eigenvalue weighted by molar-refractivity contribution is 9.09. The highest BCUT2D eigenvalue weighted by Gasteiger charge is 2.17. The average molecular weight is 348 g/mol. The molecule has 5 heteroatoms. The average Bonchev–Trinajstić information content (AvgIpc) is 2.36. The van der Waals surface area contributed by atoms with Gasteiger partial charge in [0, 0.05) is 16.7 Å². The summed E-state index contributed by atoms with van der Waals surface area (Å²) >= 11 is 9.36. The molecule has 0 fully saturated rings. The fourth-order valence-electron chi connectivity index (χ4n) is 1.80. The largest absolute Gasteiger partial charge is 0.496 e. The molecule has 0 amide bonds. The summed E-state index contributed by atoms with van der Waals surface area (Å²) < 4.78 is 31.7. The first-order chi connectivity index (χ1) is 9.01. The fraction of sp³-hybridized carbons (Fsp3) is 0.143. The van der Waals surface area contributed by atoms with Crippen LogP contribution >= 0.6 is 27.5 Å². The molecular weight excluding hydrogens is 338 g/mol. The second kappa shape index (κ2) is 5.88. The van der Waals surface area contributed by atoms with Crippen LogP contribution < -0.4 is 4.74 Å². The molecule has 1 nitrogen and oxygen atoms in total.